The van der Waals surface area contributed by atoms with Gasteiger partial charge in [0, 0.05) is 12.1 Å². The van der Waals surface area contributed by atoms with Crippen molar-refractivity contribution in [3.05, 3.63) is 89.0 Å². The Balaban J connectivity index is 1.58. The summed E-state index contributed by atoms with van der Waals surface area (Å²) >= 11 is 0. The highest BCUT2D eigenvalue weighted by molar-refractivity contribution is 6.46. The average Bonchev–Trinajstić information content (AvgIpc) is 3.24. The number of hydrogen-bond donors (Lipinski definition) is 1. The Bertz CT molecular complexity index is 1420. The standard InChI is InChI=1S/C32H33NO7/c1-3-4-8-15-38-24-13-11-22(18-26(24)37-2)29-28(30(34)23-12-14-25-27(19-23)40-17-16-39-25)31(35)32(36)33(29)20-21-9-6-5-7-10-21/h5-7,9-14,18-19,29,34H,3-4,8,15-17,20H2,1-2H3/t29-/m1/s1. The molecule has 0 saturated carbocycles. The number of ketones is 1. The number of benzene rings is 3. The summed E-state index contributed by atoms with van der Waals surface area (Å²) < 4.78 is 22.9. The molecule has 3 aromatic carbocycles. The van der Waals surface area contributed by atoms with Crippen molar-refractivity contribution in [1.82, 2.24) is 4.90 Å². The van der Waals surface area contributed by atoms with E-state index in [0.29, 0.717) is 53.9 Å². The van der Waals surface area contributed by atoms with E-state index in [1.54, 1.807) is 37.4 Å². The number of methoxy groups -OCH3 is 1. The lowest BCUT2D eigenvalue weighted by molar-refractivity contribution is -0.140. The van der Waals surface area contributed by atoms with E-state index in [1.807, 2.05) is 36.4 Å². The molecule has 1 fully saturated rings. The molecule has 0 aliphatic carbocycles. The lowest BCUT2D eigenvalue weighted by Gasteiger charge is -2.26. The minimum atomic E-state index is -0.851. The zero-order valence-electron chi connectivity index (χ0n) is 22.7. The van der Waals surface area contributed by atoms with E-state index >= 15 is 0 Å². The summed E-state index contributed by atoms with van der Waals surface area (Å²) in [6, 6.07) is 18.9. The maximum absolute atomic E-state index is 13.5. The Hall–Kier alpha value is -4.46. The molecular formula is C32H33NO7. The fraction of sp³-hybridized carbons (Fsp3) is 0.312. The summed E-state index contributed by atoms with van der Waals surface area (Å²) in [5.74, 6) is 0.362. The van der Waals surface area contributed by atoms with Crippen LogP contribution in [0.15, 0.2) is 72.3 Å². The molecule has 5 rings (SSSR count). The summed E-state index contributed by atoms with van der Waals surface area (Å²) in [4.78, 5) is 28.4. The number of fused-ring (bicyclic) bond motifs is 1. The number of carbonyl (C=O) groups is 2. The number of amides is 1. The summed E-state index contributed by atoms with van der Waals surface area (Å²) in [5, 5.41) is 11.5. The fourth-order valence-corrected chi connectivity index (χ4v) is 5.02. The van der Waals surface area contributed by atoms with Crippen molar-refractivity contribution in [3.8, 4) is 23.0 Å². The number of hydrogen-bond acceptors (Lipinski definition) is 7. The smallest absolute Gasteiger partial charge is 0.295 e. The zero-order chi connectivity index (χ0) is 28.1. The Kier molecular flexibility index (Phi) is 8.24. The largest absolute Gasteiger partial charge is 0.507 e. The third kappa shape index (κ3) is 5.47. The number of likely N-dealkylation sites (tertiary alicyclic amines) is 1. The van der Waals surface area contributed by atoms with Gasteiger partial charge in [-0.3, -0.25) is 9.59 Å². The number of rotatable bonds is 10. The van der Waals surface area contributed by atoms with Crippen molar-refractivity contribution in [2.24, 2.45) is 0 Å². The van der Waals surface area contributed by atoms with Gasteiger partial charge in [0.05, 0.1) is 25.3 Å². The molecule has 1 atom stereocenters. The number of nitrogens with zero attached hydrogens (tertiary/aromatic N) is 1. The molecule has 0 aromatic heterocycles. The van der Waals surface area contributed by atoms with Crippen LogP contribution in [0.2, 0.25) is 0 Å². The van der Waals surface area contributed by atoms with Crippen molar-refractivity contribution < 1.29 is 33.6 Å². The SMILES string of the molecule is CCCCCOc1ccc([C@@H]2C(=C(O)c3ccc4c(c3)OCCO4)C(=O)C(=O)N2Cc2ccccc2)cc1OC. The summed E-state index contributed by atoms with van der Waals surface area (Å²) in [5.41, 5.74) is 1.83. The highest BCUT2D eigenvalue weighted by atomic mass is 16.6. The van der Waals surface area contributed by atoms with Gasteiger partial charge in [0.2, 0.25) is 0 Å². The Morgan fingerprint density at radius 1 is 0.950 bits per heavy atom. The van der Waals surface area contributed by atoms with Crippen LogP contribution in [0.25, 0.3) is 5.76 Å². The summed E-state index contributed by atoms with van der Waals surface area (Å²) in [6.07, 6.45) is 3.07. The minimum Gasteiger partial charge on any atom is -0.507 e. The average molecular weight is 544 g/mol. The number of aliphatic hydroxyl groups is 1. The molecule has 2 aliphatic heterocycles. The second-order valence-electron chi connectivity index (χ2n) is 9.74. The van der Waals surface area contributed by atoms with E-state index in [-0.39, 0.29) is 17.9 Å². The molecule has 8 nitrogen and oxygen atoms in total. The second kappa shape index (κ2) is 12.2. The monoisotopic (exact) mass is 543 g/mol. The van der Waals surface area contributed by atoms with Crippen LogP contribution in [-0.2, 0) is 16.1 Å². The normalized spacial score (nSPS) is 17.6. The van der Waals surface area contributed by atoms with Crippen LogP contribution < -0.4 is 18.9 Å². The van der Waals surface area contributed by atoms with Gasteiger partial charge in [-0.25, -0.2) is 0 Å². The van der Waals surface area contributed by atoms with Crippen molar-refractivity contribution >= 4 is 17.4 Å². The number of carbonyl (C=O) groups excluding carboxylic acids is 2. The van der Waals surface area contributed by atoms with E-state index in [2.05, 4.69) is 6.92 Å². The fourth-order valence-electron chi connectivity index (χ4n) is 5.02. The van der Waals surface area contributed by atoms with E-state index in [0.717, 1.165) is 24.8 Å². The highest BCUT2D eigenvalue weighted by Gasteiger charge is 2.46. The predicted octanol–water partition coefficient (Wildman–Crippen LogP) is 5.66. The van der Waals surface area contributed by atoms with Gasteiger partial charge in [-0.1, -0.05) is 56.2 Å². The molecule has 0 unspecified atom stereocenters. The van der Waals surface area contributed by atoms with Crippen LogP contribution >= 0.6 is 0 Å². The second-order valence-corrected chi connectivity index (χ2v) is 9.74. The van der Waals surface area contributed by atoms with Gasteiger partial charge < -0.3 is 29.0 Å². The van der Waals surface area contributed by atoms with Crippen LogP contribution in [-0.4, -0.2) is 48.6 Å². The van der Waals surface area contributed by atoms with E-state index < -0.39 is 17.7 Å². The van der Waals surface area contributed by atoms with Gasteiger partial charge in [-0.15, -0.1) is 0 Å². The Labute approximate surface area is 233 Å². The molecule has 1 amide bonds. The van der Waals surface area contributed by atoms with E-state index in [1.165, 1.54) is 4.90 Å². The van der Waals surface area contributed by atoms with Crippen LogP contribution in [0.4, 0.5) is 0 Å². The molecule has 8 heteroatoms. The van der Waals surface area contributed by atoms with Crippen molar-refractivity contribution in [2.45, 2.75) is 38.8 Å². The van der Waals surface area contributed by atoms with Gasteiger partial charge in [0.15, 0.2) is 23.0 Å². The van der Waals surface area contributed by atoms with Crippen molar-refractivity contribution in [1.29, 1.82) is 0 Å². The molecule has 1 N–H and O–H groups in total. The quantitative estimate of drug-likeness (QED) is 0.153. The van der Waals surface area contributed by atoms with E-state index in [9.17, 15) is 14.7 Å². The molecule has 0 bridgehead atoms. The van der Waals surface area contributed by atoms with Gasteiger partial charge in [-0.2, -0.15) is 0 Å². The molecule has 2 heterocycles. The number of Topliss-reactive ketones (excluding diaryl/α,β-unsaturated/α-hetero) is 1. The maximum Gasteiger partial charge on any atom is 0.295 e. The minimum absolute atomic E-state index is 0.00345. The molecule has 1 saturated heterocycles. The summed E-state index contributed by atoms with van der Waals surface area (Å²) in [7, 11) is 1.55. The number of unbranched alkanes of at least 4 members (excludes halogenated alkanes) is 2. The van der Waals surface area contributed by atoms with Crippen molar-refractivity contribution in [3.63, 3.8) is 0 Å². The van der Waals surface area contributed by atoms with Crippen LogP contribution in [0.3, 0.4) is 0 Å². The third-order valence-corrected chi connectivity index (χ3v) is 7.06. The van der Waals surface area contributed by atoms with Crippen LogP contribution in [0.1, 0.15) is 48.9 Å². The molecule has 2 aliphatic rings. The van der Waals surface area contributed by atoms with Gasteiger partial charge >= 0.3 is 0 Å². The highest BCUT2D eigenvalue weighted by Crippen LogP contribution is 2.43. The topological polar surface area (TPSA) is 94.5 Å². The van der Waals surface area contributed by atoms with Gasteiger partial charge in [0.1, 0.15) is 19.0 Å². The lowest BCUT2D eigenvalue weighted by atomic mass is 9.94. The third-order valence-electron chi connectivity index (χ3n) is 7.06. The molecule has 0 radical (unpaired) electrons. The predicted molar refractivity (Wildman–Crippen MR) is 150 cm³/mol. The van der Waals surface area contributed by atoms with E-state index in [4.69, 9.17) is 18.9 Å². The van der Waals surface area contributed by atoms with Gasteiger partial charge in [-0.05, 0) is 47.9 Å². The first kappa shape index (κ1) is 27.1. The summed E-state index contributed by atoms with van der Waals surface area (Å²) in [6.45, 7) is 3.69. The molecule has 40 heavy (non-hydrogen) atoms. The van der Waals surface area contributed by atoms with Crippen molar-refractivity contribution in [2.75, 3.05) is 26.9 Å². The Morgan fingerprint density at radius 3 is 2.48 bits per heavy atom. The number of aliphatic hydroxyl groups excluding tert-OH is 1. The van der Waals surface area contributed by atoms with Crippen LogP contribution in [0.5, 0.6) is 23.0 Å². The Morgan fingerprint density at radius 2 is 1.73 bits per heavy atom. The maximum atomic E-state index is 13.5. The molecule has 3 aromatic rings. The van der Waals surface area contributed by atoms with Gasteiger partial charge in [0.25, 0.3) is 11.7 Å². The zero-order valence-corrected chi connectivity index (χ0v) is 22.7. The molecule has 0 spiro atoms. The first-order valence-corrected chi connectivity index (χ1v) is 13.5. The first-order valence-electron chi connectivity index (χ1n) is 13.5. The molecule has 208 valence electrons. The first-order chi connectivity index (χ1) is 19.5. The number of ether oxygens (including phenoxy) is 4. The van der Waals surface area contributed by atoms with Crippen LogP contribution in [0, 0.1) is 0 Å². The lowest BCUT2D eigenvalue weighted by Crippen LogP contribution is -2.29. The molecular weight excluding hydrogens is 510 g/mol.